The molecule has 1 rings (SSSR count). The lowest BCUT2D eigenvalue weighted by molar-refractivity contribution is -0.142. The van der Waals surface area contributed by atoms with Crippen LogP contribution in [0.2, 0.25) is 0 Å². The van der Waals surface area contributed by atoms with Crippen LogP contribution in [-0.2, 0) is 11.2 Å². The molecule has 0 aliphatic carbocycles. The van der Waals surface area contributed by atoms with E-state index < -0.39 is 18.1 Å². The van der Waals surface area contributed by atoms with E-state index in [0.717, 1.165) is 12.0 Å². The molecule has 0 heterocycles. The molecular weight excluding hydrogens is 272 g/mol. The van der Waals surface area contributed by atoms with Crippen LogP contribution in [0.15, 0.2) is 18.2 Å². The fourth-order valence-corrected chi connectivity index (χ4v) is 1.93. The number of nitrogen functional groups attached to an aromatic ring is 1. The molecule has 0 fully saturated rings. The molecule has 6 heteroatoms. The van der Waals surface area contributed by atoms with E-state index in [1.165, 1.54) is 6.92 Å². The van der Waals surface area contributed by atoms with E-state index in [1.807, 2.05) is 25.1 Å². The first-order valence-electron chi connectivity index (χ1n) is 7.11. The largest absolute Gasteiger partial charge is 0.491 e. The molecule has 0 amide bonds. The standard InChI is InChI=1S/C15H24N2O4/c1-3-8-21-13-5-4-11(9-12(13)16)6-7-17-14(10(2)18)15(19)20/h4-5,9-10,14,17-18H,3,6-8,16H2,1-2H3,(H,19,20). The number of benzene rings is 1. The second kappa shape index (κ2) is 8.49. The first-order chi connectivity index (χ1) is 9.95. The fourth-order valence-electron chi connectivity index (χ4n) is 1.93. The zero-order valence-electron chi connectivity index (χ0n) is 12.5. The second-order valence-electron chi connectivity index (χ2n) is 4.98. The van der Waals surface area contributed by atoms with Crippen LogP contribution in [0.3, 0.4) is 0 Å². The van der Waals surface area contributed by atoms with E-state index in [4.69, 9.17) is 15.6 Å². The van der Waals surface area contributed by atoms with Gasteiger partial charge in [0.05, 0.1) is 18.4 Å². The van der Waals surface area contributed by atoms with Crippen LogP contribution in [-0.4, -0.2) is 41.5 Å². The Bertz CT molecular complexity index is 463. The van der Waals surface area contributed by atoms with Crippen molar-refractivity contribution in [3.63, 3.8) is 0 Å². The zero-order valence-corrected chi connectivity index (χ0v) is 12.5. The van der Waals surface area contributed by atoms with Crippen molar-refractivity contribution >= 4 is 11.7 Å². The summed E-state index contributed by atoms with van der Waals surface area (Å²) < 4.78 is 5.50. The van der Waals surface area contributed by atoms with Crippen molar-refractivity contribution in [1.29, 1.82) is 0 Å². The number of rotatable bonds is 9. The van der Waals surface area contributed by atoms with Crippen LogP contribution >= 0.6 is 0 Å². The molecule has 0 aromatic heterocycles. The van der Waals surface area contributed by atoms with Gasteiger partial charge in [0.1, 0.15) is 11.8 Å². The number of carboxylic acid groups (broad SMARTS) is 1. The van der Waals surface area contributed by atoms with Gasteiger partial charge in [0, 0.05) is 6.54 Å². The molecule has 6 nitrogen and oxygen atoms in total. The summed E-state index contributed by atoms with van der Waals surface area (Å²) in [5.41, 5.74) is 7.47. The Kier molecular flexibility index (Phi) is 6.98. The maximum Gasteiger partial charge on any atom is 0.323 e. The SMILES string of the molecule is CCCOc1ccc(CCNC(C(=O)O)C(C)O)cc1N. The highest BCUT2D eigenvalue weighted by atomic mass is 16.5. The van der Waals surface area contributed by atoms with Crippen LogP contribution in [0, 0.1) is 0 Å². The summed E-state index contributed by atoms with van der Waals surface area (Å²) in [4.78, 5) is 10.9. The normalized spacial score (nSPS) is 13.7. The third-order valence-corrected chi connectivity index (χ3v) is 3.06. The smallest absolute Gasteiger partial charge is 0.323 e. The molecule has 0 spiro atoms. The van der Waals surface area contributed by atoms with Gasteiger partial charge >= 0.3 is 5.97 Å². The third kappa shape index (κ3) is 5.61. The van der Waals surface area contributed by atoms with Gasteiger partial charge in [0.25, 0.3) is 0 Å². The summed E-state index contributed by atoms with van der Waals surface area (Å²) >= 11 is 0. The zero-order chi connectivity index (χ0) is 15.8. The molecule has 1 aromatic carbocycles. The van der Waals surface area contributed by atoms with Crippen LogP contribution < -0.4 is 15.8 Å². The number of aliphatic hydroxyl groups excluding tert-OH is 1. The molecule has 0 saturated carbocycles. The monoisotopic (exact) mass is 296 g/mol. The molecule has 2 atom stereocenters. The maximum absolute atomic E-state index is 10.9. The molecular formula is C15H24N2O4. The molecule has 0 saturated heterocycles. The Labute approximate surface area is 124 Å². The summed E-state index contributed by atoms with van der Waals surface area (Å²) in [5.74, 6) is -0.395. The summed E-state index contributed by atoms with van der Waals surface area (Å²) in [6, 6.07) is 4.59. The Hall–Kier alpha value is -1.79. The molecule has 0 radical (unpaired) electrons. The van der Waals surface area contributed by atoms with E-state index >= 15 is 0 Å². The van der Waals surface area contributed by atoms with Gasteiger partial charge in [-0.15, -0.1) is 0 Å². The van der Waals surface area contributed by atoms with E-state index in [9.17, 15) is 9.90 Å². The maximum atomic E-state index is 10.9. The molecule has 118 valence electrons. The number of hydrogen-bond acceptors (Lipinski definition) is 5. The summed E-state index contributed by atoms with van der Waals surface area (Å²) in [7, 11) is 0. The lowest BCUT2D eigenvalue weighted by Gasteiger charge is -2.17. The molecule has 0 aliphatic rings. The van der Waals surface area contributed by atoms with Crippen molar-refractivity contribution in [1.82, 2.24) is 5.32 Å². The van der Waals surface area contributed by atoms with Crippen LogP contribution in [0.25, 0.3) is 0 Å². The highest BCUT2D eigenvalue weighted by Gasteiger charge is 2.21. The Balaban J connectivity index is 2.52. The van der Waals surface area contributed by atoms with Gasteiger partial charge < -0.3 is 26.0 Å². The van der Waals surface area contributed by atoms with Crippen molar-refractivity contribution in [3.8, 4) is 5.75 Å². The van der Waals surface area contributed by atoms with Crippen LogP contribution in [0.4, 0.5) is 5.69 Å². The second-order valence-corrected chi connectivity index (χ2v) is 4.98. The molecule has 21 heavy (non-hydrogen) atoms. The fraction of sp³-hybridized carbons (Fsp3) is 0.533. The number of ether oxygens (including phenoxy) is 1. The Morgan fingerprint density at radius 3 is 2.71 bits per heavy atom. The number of anilines is 1. The predicted octanol–water partition coefficient (Wildman–Crippen LogP) is 1.02. The summed E-state index contributed by atoms with van der Waals surface area (Å²) in [5, 5.41) is 21.1. The van der Waals surface area contributed by atoms with Crippen molar-refractivity contribution in [2.75, 3.05) is 18.9 Å². The average Bonchev–Trinajstić information content (AvgIpc) is 2.41. The van der Waals surface area contributed by atoms with Crippen molar-refractivity contribution < 1.29 is 19.7 Å². The number of nitrogens with one attached hydrogen (secondary N) is 1. The molecule has 1 aromatic rings. The first-order valence-corrected chi connectivity index (χ1v) is 7.11. The Morgan fingerprint density at radius 1 is 1.48 bits per heavy atom. The van der Waals surface area contributed by atoms with Gasteiger partial charge in [-0.1, -0.05) is 13.0 Å². The van der Waals surface area contributed by atoms with Gasteiger partial charge in [-0.2, -0.15) is 0 Å². The molecule has 5 N–H and O–H groups in total. The van der Waals surface area contributed by atoms with Gasteiger partial charge in [0.2, 0.25) is 0 Å². The van der Waals surface area contributed by atoms with Crippen molar-refractivity contribution in [3.05, 3.63) is 23.8 Å². The molecule has 2 unspecified atom stereocenters. The topological polar surface area (TPSA) is 105 Å². The van der Waals surface area contributed by atoms with E-state index in [-0.39, 0.29) is 0 Å². The van der Waals surface area contributed by atoms with Gasteiger partial charge in [-0.05, 0) is 37.5 Å². The number of carboxylic acids is 1. The van der Waals surface area contributed by atoms with Crippen molar-refractivity contribution in [2.45, 2.75) is 38.8 Å². The minimum atomic E-state index is -1.06. The van der Waals surface area contributed by atoms with E-state index in [2.05, 4.69) is 5.32 Å². The predicted molar refractivity (Wildman–Crippen MR) is 81.5 cm³/mol. The van der Waals surface area contributed by atoms with Crippen LogP contribution in [0.1, 0.15) is 25.8 Å². The number of aliphatic hydroxyl groups is 1. The minimum absolute atomic E-state index is 0.441. The number of carbonyl (C=O) groups is 1. The van der Waals surface area contributed by atoms with E-state index in [0.29, 0.717) is 31.0 Å². The summed E-state index contributed by atoms with van der Waals surface area (Å²) in [6.45, 7) is 4.54. The number of hydrogen-bond donors (Lipinski definition) is 4. The highest BCUT2D eigenvalue weighted by Crippen LogP contribution is 2.22. The molecule has 0 aliphatic heterocycles. The lowest BCUT2D eigenvalue weighted by atomic mass is 10.1. The third-order valence-electron chi connectivity index (χ3n) is 3.06. The highest BCUT2D eigenvalue weighted by molar-refractivity contribution is 5.74. The quantitative estimate of drug-likeness (QED) is 0.507. The van der Waals surface area contributed by atoms with Crippen molar-refractivity contribution in [2.24, 2.45) is 0 Å². The average molecular weight is 296 g/mol. The number of aliphatic carboxylic acids is 1. The molecule has 0 bridgehead atoms. The Morgan fingerprint density at radius 2 is 2.19 bits per heavy atom. The van der Waals surface area contributed by atoms with Gasteiger partial charge in [-0.25, -0.2) is 0 Å². The number of nitrogens with two attached hydrogens (primary N) is 1. The minimum Gasteiger partial charge on any atom is -0.491 e. The summed E-state index contributed by atoms with van der Waals surface area (Å²) in [6.07, 6.45) is 0.591. The van der Waals surface area contributed by atoms with Gasteiger partial charge in [-0.3, -0.25) is 4.79 Å². The van der Waals surface area contributed by atoms with E-state index in [1.54, 1.807) is 0 Å². The van der Waals surface area contributed by atoms with Gasteiger partial charge in [0.15, 0.2) is 0 Å². The first kappa shape index (κ1) is 17.3. The lowest BCUT2D eigenvalue weighted by Crippen LogP contribution is -2.45. The van der Waals surface area contributed by atoms with Crippen LogP contribution in [0.5, 0.6) is 5.75 Å².